The van der Waals surface area contributed by atoms with Gasteiger partial charge in [-0.05, 0) is 49.6 Å². The minimum absolute atomic E-state index is 0.0416. The van der Waals surface area contributed by atoms with Gasteiger partial charge in [0.25, 0.3) is 11.8 Å². The van der Waals surface area contributed by atoms with Crippen molar-refractivity contribution in [2.24, 2.45) is 0 Å². The van der Waals surface area contributed by atoms with Crippen LogP contribution < -0.4 is 0 Å². The smallest absolute Gasteiger partial charge is 0.325 e. The Hall–Kier alpha value is -4.68. The van der Waals surface area contributed by atoms with E-state index in [2.05, 4.69) is 15.4 Å². The highest BCUT2D eigenvalue weighted by Gasteiger charge is 2.40. The van der Waals surface area contributed by atoms with E-state index in [4.69, 9.17) is 10.1 Å². The van der Waals surface area contributed by atoms with Crippen molar-refractivity contribution < 1.29 is 23.9 Å². The molecule has 0 unspecified atom stereocenters. The molecule has 12 nitrogen and oxygen atoms in total. The number of imidazole rings is 1. The fraction of sp³-hybridized carbons (Fsp3) is 0.393. The van der Waals surface area contributed by atoms with E-state index >= 15 is 0 Å². The Kier molecular flexibility index (Phi) is 6.84. The number of aromatic nitrogens is 6. The molecule has 214 valence electrons. The van der Waals surface area contributed by atoms with Crippen LogP contribution in [0.1, 0.15) is 61.2 Å². The summed E-state index contributed by atoms with van der Waals surface area (Å²) in [6, 6.07) is 8.01. The van der Waals surface area contributed by atoms with Crippen LogP contribution >= 0.6 is 0 Å². The van der Waals surface area contributed by atoms with E-state index < -0.39 is 18.1 Å². The third kappa shape index (κ3) is 5.52. The van der Waals surface area contributed by atoms with E-state index in [0.29, 0.717) is 11.3 Å². The number of carbonyl (C=O) groups excluding carboxylic acids is 2. The molecule has 13 heteroatoms. The van der Waals surface area contributed by atoms with Crippen LogP contribution in [0.3, 0.4) is 0 Å². The molecule has 1 aromatic carbocycles. The summed E-state index contributed by atoms with van der Waals surface area (Å²) in [7, 11) is 0. The highest BCUT2D eigenvalue weighted by molar-refractivity contribution is 5.95. The van der Waals surface area contributed by atoms with Crippen molar-refractivity contribution in [3.8, 4) is 11.3 Å². The van der Waals surface area contributed by atoms with Gasteiger partial charge in [-0.2, -0.15) is 5.10 Å². The average molecular weight is 563 g/mol. The molecule has 0 radical (unpaired) electrons. The maximum absolute atomic E-state index is 13.8. The van der Waals surface area contributed by atoms with Gasteiger partial charge in [-0.3, -0.25) is 14.4 Å². The SMILES string of the molecule is CC(C)(C)c1cc(-c2ccc(F)cc2)nn2cc(C(=O)N3CCN(C(=O)c4cn(CC(=O)O)nn4)CC3(C)C)nc12. The van der Waals surface area contributed by atoms with Gasteiger partial charge >= 0.3 is 5.97 Å². The van der Waals surface area contributed by atoms with E-state index in [1.54, 1.807) is 32.6 Å². The number of amides is 2. The third-order valence-corrected chi connectivity index (χ3v) is 7.08. The quantitative estimate of drug-likeness (QED) is 0.392. The fourth-order valence-corrected chi connectivity index (χ4v) is 5.01. The van der Waals surface area contributed by atoms with Gasteiger partial charge in [0, 0.05) is 30.8 Å². The van der Waals surface area contributed by atoms with Crippen molar-refractivity contribution in [1.29, 1.82) is 0 Å². The number of carbonyl (C=O) groups is 3. The molecule has 0 spiro atoms. The second-order valence-corrected chi connectivity index (χ2v) is 11.8. The molecule has 3 aromatic heterocycles. The van der Waals surface area contributed by atoms with Crippen molar-refractivity contribution in [2.75, 3.05) is 19.6 Å². The van der Waals surface area contributed by atoms with Crippen LogP contribution in [-0.2, 0) is 16.8 Å². The van der Waals surface area contributed by atoms with Crippen LogP contribution in [0.15, 0.2) is 42.7 Å². The first-order chi connectivity index (χ1) is 19.2. The molecule has 4 heterocycles. The van der Waals surface area contributed by atoms with Crippen LogP contribution in [0.25, 0.3) is 16.9 Å². The molecular formula is C28H31FN8O4. The Morgan fingerprint density at radius 3 is 2.37 bits per heavy atom. The molecule has 1 saturated heterocycles. The van der Waals surface area contributed by atoms with Crippen LogP contribution in [0, 0.1) is 5.82 Å². The van der Waals surface area contributed by atoms with E-state index in [1.165, 1.54) is 18.3 Å². The average Bonchev–Trinajstić information content (AvgIpc) is 3.53. The van der Waals surface area contributed by atoms with Gasteiger partial charge in [-0.25, -0.2) is 18.6 Å². The topological polar surface area (TPSA) is 139 Å². The van der Waals surface area contributed by atoms with Crippen LogP contribution in [0.5, 0.6) is 0 Å². The summed E-state index contributed by atoms with van der Waals surface area (Å²) in [5, 5.41) is 21.1. The summed E-state index contributed by atoms with van der Waals surface area (Å²) in [5.74, 6) is -2.11. The number of hydrogen-bond acceptors (Lipinski definition) is 7. The number of hydrogen-bond donors (Lipinski definition) is 1. The Morgan fingerprint density at radius 1 is 1.02 bits per heavy atom. The Bertz CT molecular complexity index is 1650. The van der Waals surface area contributed by atoms with E-state index in [0.717, 1.165) is 15.8 Å². The zero-order valence-electron chi connectivity index (χ0n) is 23.5. The Balaban J connectivity index is 1.41. The summed E-state index contributed by atoms with van der Waals surface area (Å²) in [5.41, 5.74) is 2.03. The molecule has 5 rings (SSSR count). The summed E-state index contributed by atoms with van der Waals surface area (Å²) in [4.78, 5) is 45.7. The van der Waals surface area contributed by atoms with Crippen molar-refractivity contribution in [2.45, 2.75) is 52.1 Å². The number of piperazine rings is 1. The maximum atomic E-state index is 13.8. The highest BCUT2D eigenvalue weighted by atomic mass is 19.1. The fourth-order valence-electron chi connectivity index (χ4n) is 5.01. The zero-order valence-corrected chi connectivity index (χ0v) is 23.5. The van der Waals surface area contributed by atoms with Crippen LogP contribution in [0.4, 0.5) is 4.39 Å². The molecule has 41 heavy (non-hydrogen) atoms. The number of rotatable bonds is 5. The summed E-state index contributed by atoms with van der Waals surface area (Å²) in [6.07, 6.45) is 2.91. The summed E-state index contributed by atoms with van der Waals surface area (Å²) < 4.78 is 16.2. The number of aliphatic carboxylic acids is 1. The number of carboxylic acid groups (broad SMARTS) is 1. The molecule has 1 aliphatic rings. The standard InChI is InChI=1S/C28H31FN8O4/c1-27(2,3)19-12-20(17-6-8-18(29)9-7-17)32-37-14-21(30-24(19)37)26(41)36-11-10-34(16-28(36,4)5)25(40)22-13-35(33-31-22)15-23(38)39/h6-9,12-14H,10-11,15-16H2,1-5H3,(H,38,39). The maximum Gasteiger partial charge on any atom is 0.325 e. The second-order valence-electron chi connectivity index (χ2n) is 11.8. The minimum atomic E-state index is -1.09. The molecule has 0 saturated carbocycles. The number of halogens is 1. The lowest BCUT2D eigenvalue weighted by Crippen LogP contribution is -2.62. The molecule has 0 aliphatic carbocycles. The molecule has 1 aliphatic heterocycles. The van der Waals surface area contributed by atoms with Crippen LogP contribution in [-0.4, -0.2) is 87.5 Å². The lowest BCUT2D eigenvalue weighted by atomic mass is 9.87. The van der Waals surface area contributed by atoms with Crippen molar-refractivity contribution in [3.63, 3.8) is 0 Å². The lowest BCUT2D eigenvalue weighted by Gasteiger charge is -2.46. The number of benzene rings is 1. The molecule has 1 N–H and O–H groups in total. The van der Waals surface area contributed by atoms with Crippen molar-refractivity contribution >= 4 is 23.4 Å². The predicted octanol–water partition coefficient (Wildman–Crippen LogP) is 2.89. The van der Waals surface area contributed by atoms with Gasteiger partial charge in [-0.15, -0.1) is 5.10 Å². The minimum Gasteiger partial charge on any atom is -0.480 e. The normalized spacial score (nSPS) is 15.4. The summed E-state index contributed by atoms with van der Waals surface area (Å²) >= 11 is 0. The van der Waals surface area contributed by atoms with Gasteiger partial charge in [0.15, 0.2) is 11.3 Å². The van der Waals surface area contributed by atoms with Crippen molar-refractivity contribution in [3.05, 3.63) is 65.5 Å². The molecule has 4 aromatic rings. The zero-order chi connectivity index (χ0) is 29.7. The van der Waals surface area contributed by atoms with E-state index in [-0.39, 0.29) is 54.1 Å². The number of fused-ring (bicyclic) bond motifs is 1. The number of carboxylic acids is 1. The van der Waals surface area contributed by atoms with E-state index in [1.807, 2.05) is 40.7 Å². The van der Waals surface area contributed by atoms with Crippen molar-refractivity contribution in [1.82, 2.24) is 39.4 Å². The third-order valence-electron chi connectivity index (χ3n) is 7.08. The van der Waals surface area contributed by atoms with Gasteiger partial charge in [0.05, 0.1) is 23.6 Å². The predicted molar refractivity (Wildman–Crippen MR) is 146 cm³/mol. The van der Waals surface area contributed by atoms with Gasteiger partial charge in [-0.1, -0.05) is 26.0 Å². The number of nitrogens with zero attached hydrogens (tertiary/aromatic N) is 8. The largest absolute Gasteiger partial charge is 0.480 e. The first kappa shape index (κ1) is 27.9. The van der Waals surface area contributed by atoms with Crippen LogP contribution in [0.2, 0.25) is 0 Å². The van der Waals surface area contributed by atoms with E-state index in [9.17, 15) is 18.8 Å². The molecule has 0 bridgehead atoms. The summed E-state index contributed by atoms with van der Waals surface area (Å²) in [6.45, 7) is 10.2. The van der Waals surface area contributed by atoms with Gasteiger partial charge in [0.1, 0.15) is 18.1 Å². The second kappa shape index (κ2) is 10.1. The first-order valence-corrected chi connectivity index (χ1v) is 13.1. The van der Waals surface area contributed by atoms with Gasteiger partial charge < -0.3 is 14.9 Å². The molecular weight excluding hydrogens is 531 g/mol. The Morgan fingerprint density at radius 2 is 1.73 bits per heavy atom. The molecule has 1 fully saturated rings. The molecule has 2 amide bonds. The Labute approximate surface area is 235 Å². The first-order valence-electron chi connectivity index (χ1n) is 13.1. The highest BCUT2D eigenvalue weighted by Crippen LogP contribution is 2.31. The van der Waals surface area contributed by atoms with Gasteiger partial charge in [0.2, 0.25) is 0 Å². The lowest BCUT2D eigenvalue weighted by molar-refractivity contribution is -0.137. The monoisotopic (exact) mass is 562 g/mol. The molecule has 0 atom stereocenters.